The van der Waals surface area contributed by atoms with Gasteiger partial charge < -0.3 is 5.32 Å². The molecule has 0 aromatic heterocycles. The van der Waals surface area contributed by atoms with Crippen molar-refractivity contribution in [2.75, 3.05) is 6.54 Å². The molecule has 0 amide bonds. The van der Waals surface area contributed by atoms with Crippen LogP contribution < -0.4 is 5.32 Å². The van der Waals surface area contributed by atoms with Crippen LogP contribution in [0.5, 0.6) is 0 Å². The summed E-state index contributed by atoms with van der Waals surface area (Å²) in [6.45, 7) is 4.70. The van der Waals surface area contributed by atoms with Crippen LogP contribution in [-0.2, 0) is 0 Å². The number of nitrogens with one attached hydrogen (secondary N) is 1. The molecule has 0 fully saturated rings. The van der Waals surface area contributed by atoms with Crippen molar-refractivity contribution in [2.45, 2.75) is 77.4 Å². The van der Waals surface area contributed by atoms with Crippen LogP contribution in [0.25, 0.3) is 0 Å². The van der Waals surface area contributed by atoms with Gasteiger partial charge in [-0.05, 0) is 26.3 Å². The standard InChI is InChI=1S/C13H26F3N/c1-3-4-5-6-7-9-12(2)17-11-8-10-13(14,15)16/h12,17H,3-11H2,1-2H3. The zero-order valence-corrected chi connectivity index (χ0v) is 11.1. The molecule has 0 aliphatic rings. The monoisotopic (exact) mass is 253 g/mol. The summed E-state index contributed by atoms with van der Waals surface area (Å²) < 4.78 is 35.6. The molecule has 1 atom stereocenters. The van der Waals surface area contributed by atoms with E-state index in [1.54, 1.807) is 0 Å². The summed E-state index contributed by atoms with van der Waals surface area (Å²) in [6, 6.07) is 0.338. The number of halogens is 3. The first-order valence-corrected chi connectivity index (χ1v) is 6.76. The number of rotatable bonds is 10. The van der Waals surface area contributed by atoms with Gasteiger partial charge in [-0.1, -0.05) is 39.0 Å². The van der Waals surface area contributed by atoms with Crippen molar-refractivity contribution in [3.8, 4) is 0 Å². The molecule has 0 bridgehead atoms. The molecule has 0 heterocycles. The second-order valence-electron chi connectivity index (χ2n) is 4.78. The molecule has 1 nitrogen and oxygen atoms in total. The molecule has 0 spiro atoms. The van der Waals surface area contributed by atoms with Crippen molar-refractivity contribution >= 4 is 0 Å². The third kappa shape index (κ3) is 13.7. The smallest absolute Gasteiger partial charge is 0.314 e. The van der Waals surface area contributed by atoms with E-state index in [1.165, 1.54) is 32.1 Å². The van der Waals surface area contributed by atoms with Gasteiger partial charge in [-0.2, -0.15) is 13.2 Å². The van der Waals surface area contributed by atoms with Gasteiger partial charge in [0, 0.05) is 12.5 Å². The van der Waals surface area contributed by atoms with Crippen LogP contribution in [-0.4, -0.2) is 18.8 Å². The Morgan fingerprint density at radius 2 is 1.65 bits per heavy atom. The van der Waals surface area contributed by atoms with Crippen molar-refractivity contribution in [1.29, 1.82) is 0 Å². The molecule has 0 aliphatic heterocycles. The number of alkyl halides is 3. The lowest BCUT2D eigenvalue weighted by atomic mass is 10.1. The minimum absolute atomic E-state index is 0.184. The Morgan fingerprint density at radius 1 is 1.00 bits per heavy atom. The lowest BCUT2D eigenvalue weighted by Crippen LogP contribution is -2.27. The molecule has 0 aromatic carbocycles. The zero-order chi connectivity index (χ0) is 13.1. The summed E-state index contributed by atoms with van der Waals surface area (Å²) in [7, 11) is 0. The van der Waals surface area contributed by atoms with Crippen LogP contribution >= 0.6 is 0 Å². The molecule has 0 aliphatic carbocycles. The van der Waals surface area contributed by atoms with Gasteiger partial charge in [0.1, 0.15) is 0 Å². The SMILES string of the molecule is CCCCCCCC(C)NCCCC(F)(F)F. The largest absolute Gasteiger partial charge is 0.389 e. The van der Waals surface area contributed by atoms with E-state index in [9.17, 15) is 13.2 Å². The van der Waals surface area contributed by atoms with Gasteiger partial charge in [-0.25, -0.2) is 0 Å². The fourth-order valence-electron chi connectivity index (χ4n) is 1.79. The van der Waals surface area contributed by atoms with Gasteiger partial charge in [0.25, 0.3) is 0 Å². The zero-order valence-electron chi connectivity index (χ0n) is 11.1. The van der Waals surface area contributed by atoms with Gasteiger partial charge in [0.05, 0.1) is 0 Å². The maximum absolute atomic E-state index is 11.9. The van der Waals surface area contributed by atoms with Gasteiger partial charge in [-0.3, -0.25) is 0 Å². The lowest BCUT2D eigenvalue weighted by molar-refractivity contribution is -0.135. The van der Waals surface area contributed by atoms with Crippen molar-refractivity contribution in [3.63, 3.8) is 0 Å². The topological polar surface area (TPSA) is 12.0 Å². The molecule has 17 heavy (non-hydrogen) atoms. The molecule has 0 rings (SSSR count). The van der Waals surface area contributed by atoms with Crippen LogP contribution in [0.3, 0.4) is 0 Å². The lowest BCUT2D eigenvalue weighted by Gasteiger charge is -2.14. The minimum atomic E-state index is -4.01. The molecule has 0 aromatic rings. The Bertz CT molecular complexity index is 169. The maximum atomic E-state index is 11.9. The van der Waals surface area contributed by atoms with Crippen LogP contribution in [0.2, 0.25) is 0 Å². The minimum Gasteiger partial charge on any atom is -0.314 e. The average molecular weight is 253 g/mol. The Labute approximate surface area is 103 Å². The average Bonchev–Trinajstić information content (AvgIpc) is 2.23. The fourth-order valence-corrected chi connectivity index (χ4v) is 1.79. The van der Waals surface area contributed by atoms with Gasteiger partial charge in [0.2, 0.25) is 0 Å². The Morgan fingerprint density at radius 3 is 2.24 bits per heavy atom. The third-order valence-electron chi connectivity index (χ3n) is 2.87. The third-order valence-corrected chi connectivity index (χ3v) is 2.87. The van der Waals surface area contributed by atoms with E-state index in [4.69, 9.17) is 0 Å². The van der Waals surface area contributed by atoms with E-state index in [1.807, 2.05) is 6.92 Å². The quantitative estimate of drug-likeness (QED) is 0.558. The second kappa shape index (κ2) is 9.75. The normalized spacial score (nSPS) is 13.9. The maximum Gasteiger partial charge on any atom is 0.389 e. The van der Waals surface area contributed by atoms with Gasteiger partial charge >= 0.3 is 6.18 Å². The number of hydrogen-bond acceptors (Lipinski definition) is 1. The summed E-state index contributed by atoms with van der Waals surface area (Å²) in [4.78, 5) is 0. The fraction of sp³-hybridized carbons (Fsp3) is 1.00. The highest BCUT2D eigenvalue weighted by Gasteiger charge is 2.25. The molecule has 104 valence electrons. The highest BCUT2D eigenvalue weighted by molar-refractivity contribution is 4.62. The second-order valence-corrected chi connectivity index (χ2v) is 4.78. The summed E-state index contributed by atoms with van der Waals surface area (Å²) >= 11 is 0. The van der Waals surface area contributed by atoms with Crippen molar-refractivity contribution in [1.82, 2.24) is 5.32 Å². The van der Waals surface area contributed by atoms with E-state index in [-0.39, 0.29) is 6.42 Å². The summed E-state index contributed by atoms with van der Waals surface area (Å²) in [6.07, 6.45) is 2.78. The molecule has 0 saturated carbocycles. The first-order valence-electron chi connectivity index (χ1n) is 6.76. The van der Waals surface area contributed by atoms with E-state index < -0.39 is 12.6 Å². The van der Waals surface area contributed by atoms with E-state index in [0.29, 0.717) is 12.6 Å². The Hall–Kier alpha value is -0.250. The van der Waals surface area contributed by atoms with Crippen LogP contribution in [0.1, 0.15) is 65.2 Å². The van der Waals surface area contributed by atoms with Crippen molar-refractivity contribution < 1.29 is 13.2 Å². The van der Waals surface area contributed by atoms with Crippen LogP contribution in [0, 0.1) is 0 Å². The predicted octanol–water partition coefficient (Wildman–Crippen LogP) is 4.67. The molecule has 1 unspecified atom stereocenters. The Kier molecular flexibility index (Phi) is 9.60. The Balaban J connectivity index is 3.26. The molecular formula is C13H26F3N. The van der Waals surface area contributed by atoms with E-state index in [2.05, 4.69) is 12.2 Å². The number of hydrogen-bond donors (Lipinski definition) is 1. The first kappa shape index (κ1) is 16.8. The molecule has 0 radical (unpaired) electrons. The van der Waals surface area contributed by atoms with Crippen molar-refractivity contribution in [3.05, 3.63) is 0 Å². The molecular weight excluding hydrogens is 227 g/mol. The highest BCUT2D eigenvalue weighted by Crippen LogP contribution is 2.20. The summed E-state index contributed by atoms with van der Waals surface area (Å²) in [5.74, 6) is 0. The summed E-state index contributed by atoms with van der Waals surface area (Å²) in [5, 5.41) is 3.15. The molecule has 1 N–H and O–H groups in total. The highest BCUT2D eigenvalue weighted by atomic mass is 19.4. The van der Waals surface area contributed by atoms with Gasteiger partial charge in [0.15, 0.2) is 0 Å². The van der Waals surface area contributed by atoms with E-state index >= 15 is 0 Å². The van der Waals surface area contributed by atoms with Gasteiger partial charge in [-0.15, -0.1) is 0 Å². The summed E-state index contributed by atoms with van der Waals surface area (Å²) in [5.41, 5.74) is 0. The molecule has 4 heteroatoms. The predicted molar refractivity (Wildman–Crippen MR) is 66.1 cm³/mol. The van der Waals surface area contributed by atoms with Crippen molar-refractivity contribution in [2.24, 2.45) is 0 Å². The first-order chi connectivity index (χ1) is 7.95. The van der Waals surface area contributed by atoms with E-state index in [0.717, 1.165) is 6.42 Å². The van der Waals surface area contributed by atoms with Crippen LogP contribution in [0.15, 0.2) is 0 Å². The number of unbranched alkanes of at least 4 members (excludes halogenated alkanes) is 4. The molecule has 0 saturated heterocycles. The van der Waals surface area contributed by atoms with Crippen LogP contribution in [0.4, 0.5) is 13.2 Å².